The first kappa shape index (κ1) is 14.1. The van der Waals surface area contributed by atoms with Crippen LogP contribution in [0.4, 0.5) is 0 Å². The van der Waals surface area contributed by atoms with E-state index in [0.29, 0.717) is 11.1 Å². The third kappa shape index (κ3) is 3.10. The third-order valence-electron chi connectivity index (χ3n) is 3.28. The Balaban J connectivity index is 1.79. The molecule has 3 rings (SSSR count). The number of benzene rings is 2. The lowest BCUT2D eigenvalue weighted by atomic mass is 9.97. The average molecular weight is 298 g/mol. The number of thioether (sulfide) groups is 1. The van der Waals surface area contributed by atoms with Gasteiger partial charge in [0, 0.05) is 11.2 Å². The fourth-order valence-electron chi connectivity index (χ4n) is 2.13. The van der Waals surface area contributed by atoms with Gasteiger partial charge in [-0.2, -0.15) is 0 Å². The normalized spacial score (nSPS) is 12.0. The van der Waals surface area contributed by atoms with Gasteiger partial charge < -0.3 is 4.42 Å². The number of rotatable bonds is 3. The number of fused-ring (bicyclic) bond motifs is 1. The van der Waals surface area contributed by atoms with Gasteiger partial charge in [0.2, 0.25) is 5.89 Å². The van der Waals surface area contributed by atoms with E-state index in [1.807, 2.05) is 0 Å². The Hall–Kier alpha value is -1.81. The summed E-state index contributed by atoms with van der Waals surface area (Å²) in [5, 5.41) is 11.4. The first-order valence-electron chi connectivity index (χ1n) is 6.97. The second-order valence-corrected chi connectivity index (χ2v) is 6.98. The maximum absolute atomic E-state index is 5.72. The standard InChI is InChI=1S/C17H18N2OS/c1-17(2,3)15-18-19-16(20-15)21-11-13-9-6-8-12-7-4-5-10-14(12)13/h4-10H,11H2,1-3H3. The summed E-state index contributed by atoms with van der Waals surface area (Å²) in [6.07, 6.45) is 0. The lowest BCUT2D eigenvalue weighted by Gasteiger charge is -2.10. The van der Waals surface area contributed by atoms with Gasteiger partial charge in [0.25, 0.3) is 5.22 Å². The summed E-state index contributed by atoms with van der Waals surface area (Å²) in [6.45, 7) is 6.21. The third-order valence-corrected chi connectivity index (χ3v) is 4.15. The van der Waals surface area contributed by atoms with Gasteiger partial charge in [-0.25, -0.2) is 0 Å². The molecule has 0 aliphatic heterocycles. The van der Waals surface area contributed by atoms with Crippen LogP contribution in [0.25, 0.3) is 10.8 Å². The maximum Gasteiger partial charge on any atom is 0.276 e. The molecule has 3 aromatic rings. The van der Waals surface area contributed by atoms with Crippen molar-refractivity contribution in [2.75, 3.05) is 0 Å². The number of aromatic nitrogens is 2. The van der Waals surface area contributed by atoms with Gasteiger partial charge >= 0.3 is 0 Å². The second kappa shape index (κ2) is 5.53. The predicted molar refractivity (Wildman–Crippen MR) is 86.5 cm³/mol. The van der Waals surface area contributed by atoms with E-state index in [2.05, 4.69) is 73.4 Å². The monoisotopic (exact) mass is 298 g/mol. The molecule has 0 unspecified atom stereocenters. The van der Waals surface area contributed by atoms with Crippen molar-refractivity contribution in [1.82, 2.24) is 10.2 Å². The van der Waals surface area contributed by atoms with Crippen LogP contribution in [-0.4, -0.2) is 10.2 Å². The van der Waals surface area contributed by atoms with Gasteiger partial charge in [-0.15, -0.1) is 10.2 Å². The molecule has 2 aromatic carbocycles. The van der Waals surface area contributed by atoms with Gasteiger partial charge in [-0.1, -0.05) is 75.0 Å². The molecule has 0 N–H and O–H groups in total. The minimum Gasteiger partial charge on any atom is -0.415 e. The second-order valence-electron chi connectivity index (χ2n) is 6.05. The van der Waals surface area contributed by atoms with Crippen LogP contribution in [0.15, 0.2) is 52.1 Å². The van der Waals surface area contributed by atoms with E-state index in [9.17, 15) is 0 Å². The van der Waals surface area contributed by atoms with Crippen LogP contribution in [-0.2, 0) is 11.2 Å². The molecule has 3 nitrogen and oxygen atoms in total. The van der Waals surface area contributed by atoms with Crippen molar-refractivity contribution in [3.63, 3.8) is 0 Å². The molecule has 0 radical (unpaired) electrons. The molecular weight excluding hydrogens is 280 g/mol. The Morgan fingerprint density at radius 3 is 2.52 bits per heavy atom. The van der Waals surface area contributed by atoms with Crippen molar-refractivity contribution < 1.29 is 4.42 Å². The smallest absolute Gasteiger partial charge is 0.276 e. The summed E-state index contributed by atoms with van der Waals surface area (Å²) in [5.41, 5.74) is 1.18. The van der Waals surface area contributed by atoms with Gasteiger partial charge in [0.1, 0.15) is 0 Å². The van der Waals surface area contributed by atoms with Crippen molar-refractivity contribution >= 4 is 22.5 Å². The van der Waals surface area contributed by atoms with E-state index in [1.165, 1.54) is 16.3 Å². The molecule has 4 heteroatoms. The van der Waals surface area contributed by atoms with E-state index in [-0.39, 0.29) is 5.41 Å². The topological polar surface area (TPSA) is 38.9 Å². The van der Waals surface area contributed by atoms with Crippen LogP contribution in [0.1, 0.15) is 32.2 Å². The summed E-state index contributed by atoms with van der Waals surface area (Å²) in [7, 11) is 0. The SMILES string of the molecule is CC(C)(C)c1nnc(SCc2cccc3ccccc23)o1. The molecule has 0 aliphatic rings. The van der Waals surface area contributed by atoms with Crippen LogP contribution in [0.2, 0.25) is 0 Å². The van der Waals surface area contributed by atoms with Crippen LogP contribution in [0, 0.1) is 0 Å². The zero-order valence-corrected chi connectivity index (χ0v) is 13.3. The van der Waals surface area contributed by atoms with Crippen molar-refractivity contribution in [2.24, 2.45) is 0 Å². The number of nitrogens with zero attached hydrogens (tertiary/aromatic N) is 2. The van der Waals surface area contributed by atoms with Gasteiger partial charge in [0.05, 0.1) is 0 Å². The highest BCUT2D eigenvalue weighted by atomic mass is 32.2. The largest absolute Gasteiger partial charge is 0.415 e. The molecule has 0 spiro atoms. The fourth-order valence-corrected chi connectivity index (χ4v) is 2.90. The Bertz CT molecular complexity index is 753. The Labute approximate surface area is 128 Å². The highest BCUT2D eigenvalue weighted by molar-refractivity contribution is 7.98. The van der Waals surface area contributed by atoms with Crippen LogP contribution < -0.4 is 0 Å². The summed E-state index contributed by atoms with van der Waals surface area (Å²) in [4.78, 5) is 0. The molecule has 108 valence electrons. The van der Waals surface area contributed by atoms with Gasteiger partial charge in [0.15, 0.2) is 0 Å². The first-order chi connectivity index (χ1) is 10.0. The molecule has 0 atom stereocenters. The molecular formula is C17H18N2OS. The van der Waals surface area contributed by atoms with Gasteiger partial charge in [-0.05, 0) is 16.3 Å². The van der Waals surface area contributed by atoms with Crippen molar-refractivity contribution in [3.05, 3.63) is 53.9 Å². The summed E-state index contributed by atoms with van der Waals surface area (Å²) in [5.74, 6) is 1.51. The Morgan fingerprint density at radius 2 is 1.76 bits per heavy atom. The molecule has 1 heterocycles. The lowest BCUT2D eigenvalue weighted by molar-refractivity contribution is 0.347. The molecule has 0 fully saturated rings. The quantitative estimate of drug-likeness (QED) is 0.650. The Morgan fingerprint density at radius 1 is 1.00 bits per heavy atom. The van der Waals surface area contributed by atoms with E-state index in [0.717, 1.165) is 5.75 Å². The van der Waals surface area contributed by atoms with Crippen LogP contribution in [0.3, 0.4) is 0 Å². The molecule has 0 amide bonds. The number of hydrogen-bond donors (Lipinski definition) is 0. The molecule has 0 saturated heterocycles. The highest BCUT2D eigenvalue weighted by Crippen LogP contribution is 2.29. The zero-order chi connectivity index (χ0) is 14.9. The number of hydrogen-bond acceptors (Lipinski definition) is 4. The van der Waals surface area contributed by atoms with E-state index < -0.39 is 0 Å². The average Bonchev–Trinajstić information content (AvgIpc) is 2.94. The fraction of sp³-hybridized carbons (Fsp3) is 0.294. The van der Waals surface area contributed by atoms with Crippen molar-refractivity contribution in [3.8, 4) is 0 Å². The predicted octanol–water partition coefficient (Wildman–Crippen LogP) is 4.81. The summed E-state index contributed by atoms with van der Waals surface area (Å²) in [6, 6.07) is 14.8. The molecule has 0 aliphatic carbocycles. The molecule has 21 heavy (non-hydrogen) atoms. The van der Waals surface area contributed by atoms with Crippen molar-refractivity contribution in [1.29, 1.82) is 0 Å². The summed E-state index contributed by atoms with van der Waals surface area (Å²) < 4.78 is 5.72. The molecule has 0 saturated carbocycles. The summed E-state index contributed by atoms with van der Waals surface area (Å²) >= 11 is 1.59. The minimum atomic E-state index is -0.106. The van der Waals surface area contributed by atoms with Crippen LogP contribution in [0.5, 0.6) is 0 Å². The maximum atomic E-state index is 5.72. The first-order valence-corrected chi connectivity index (χ1v) is 7.96. The van der Waals surface area contributed by atoms with Gasteiger partial charge in [-0.3, -0.25) is 0 Å². The minimum absolute atomic E-state index is 0.106. The molecule has 1 aromatic heterocycles. The van der Waals surface area contributed by atoms with E-state index in [1.54, 1.807) is 11.8 Å². The Kier molecular flexibility index (Phi) is 3.72. The highest BCUT2D eigenvalue weighted by Gasteiger charge is 2.21. The van der Waals surface area contributed by atoms with E-state index >= 15 is 0 Å². The molecule has 0 bridgehead atoms. The zero-order valence-electron chi connectivity index (χ0n) is 12.5. The van der Waals surface area contributed by atoms with Crippen LogP contribution >= 0.6 is 11.8 Å². The van der Waals surface area contributed by atoms with E-state index in [4.69, 9.17) is 4.42 Å². The lowest BCUT2D eigenvalue weighted by Crippen LogP contribution is -2.11. The van der Waals surface area contributed by atoms with Crippen molar-refractivity contribution in [2.45, 2.75) is 37.2 Å².